The maximum atomic E-state index is 11.9. The van der Waals surface area contributed by atoms with E-state index in [-0.39, 0.29) is 11.3 Å². The highest BCUT2D eigenvalue weighted by molar-refractivity contribution is 9.10. The summed E-state index contributed by atoms with van der Waals surface area (Å²) in [5.41, 5.74) is 0.983. The maximum absolute atomic E-state index is 11.9. The normalized spacial score (nSPS) is 10.6. The molecule has 0 atom stereocenters. The van der Waals surface area contributed by atoms with E-state index in [1.807, 2.05) is 24.3 Å². The van der Waals surface area contributed by atoms with Crippen LogP contribution in [0.3, 0.4) is 0 Å². The molecule has 112 valence electrons. The lowest BCUT2D eigenvalue weighted by Crippen LogP contribution is -2.12. The maximum Gasteiger partial charge on any atom is 0.337 e. The molecule has 0 heterocycles. The molecule has 0 aliphatic heterocycles. The van der Waals surface area contributed by atoms with Crippen LogP contribution in [-0.4, -0.2) is 17.0 Å². The smallest absolute Gasteiger partial charge is 0.337 e. The van der Waals surface area contributed by atoms with Crippen LogP contribution in [0.5, 0.6) is 0 Å². The second-order valence-corrected chi connectivity index (χ2v) is 5.72. The molecule has 0 radical (unpaired) electrons. The lowest BCUT2D eigenvalue weighted by Gasteiger charge is -2.06. The summed E-state index contributed by atoms with van der Waals surface area (Å²) < 4.78 is 0.904. The summed E-state index contributed by atoms with van der Waals surface area (Å²) in [6.07, 6.45) is 2.97. The quantitative estimate of drug-likeness (QED) is 0.770. The number of carboxylic acids is 1. The van der Waals surface area contributed by atoms with E-state index in [1.165, 1.54) is 24.3 Å². The van der Waals surface area contributed by atoms with Crippen molar-refractivity contribution in [3.63, 3.8) is 0 Å². The van der Waals surface area contributed by atoms with Crippen LogP contribution in [0.25, 0.3) is 6.08 Å². The number of carbonyl (C=O) groups is 2. The van der Waals surface area contributed by atoms with Gasteiger partial charge < -0.3 is 10.4 Å². The lowest BCUT2D eigenvalue weighted by atomic mass is 10.1. The number of hydrogen-bond acceptors (Lipinski definition) is 2. The van der Waals surface area contributed by atoms with Crippen molar-refractivity contribution in [1.82, 2.24) is 0 Å². The third-order valence-corrected chi connectivity index (χ3v) is 3.47. The minimum atomic E-state index is -1.16. The molecule has 0 bridgehead atoms. The van der Waals surface area contributed by atoms with Crippen LogP contribution >= 0.6 is 27.5 Å². The zero-order valence-corrected chi connectivity index (χ0v) is 13.6. The second-order valence-electron chi connectivity index (χ2n) is 4.37. The highest BCUT2D eigenvalue weighted by Gasteiger charge is 2.12. The second kappa shape index (κ2) is 7.24. The number of anilines is 1. The van der Waals surface area contributed by atoms with Gasteiger partial charge in [-0.25, -0.2) is 4.79 Å². The summed E-state index contributed by atoms with van der Waals surface area (Å²) in [5.74, 6) is -1.58. The molecule has 0 spiro atoms. The Kier molecular flexibility index (Phi) is 5.35. The van der Waals surface area contributed by atoms with Crippen molar-refractivity contribution in [1.29, 1.82) is 0 Å². The average molecular weight is 381 g/mol. The Hall–Kier alpha value is -2.11. The van der Waals surface area contributed by atoms with Gasteiger partial charge in [0.2, 0.25) is 5.91 Å². The molecule has 2 aromatic rings. The minimum absolute atomic E-state index is 0.0586. The summed E-state index contributed by atoms with van der Waals surface area (Å²) in [7, 11) is 0. The predicted molar refractivity (Wildman–Crippen MR) is 90.2 cm³/mol. The number of hydrogen-bond donors (Lipinski definition) is 2. The topological polar surface area (TPSA) is 66.4 Å². The van der Waals surface area contributed by atoms with Crippen LogP contribution in [0, 0.1) is 0 Å². The van der Waals surface area contributed by atoms with Crippen molar-refractivity contribution >= 4 is 51.2 Å². The van der Waals surface area contributed by atoms with E-state index in [1.54, 1.807) is 6.08 Å². The molecule has 2 N–H and O–H groups in total. The summed E-state index contributed by atoms with van der Waals surface area (Å²) in [4.78, 5) is 23.0. The molecule has 4 nitrogen and oxygen atoms in total. The van der Waals surface area contributed by atoms with Crippen LogP contribution in [0.2, 0.25) is 5.02 Å². The zero-order chi connectivity index (χ0) is 16.1. The number of carbonyl (C=O) groups excluding carboxylic acids is 1. The van der Waals surface area contributed by atoms with Gasteiger partial charge in [0, 0.05) is 15.6 Å². The van der Waals surface area contributed by atoms with E-state index in [2.05, 4.69) is 21.2 Å². The van der Waals surface area contributed by atoms with Crippen molar-refractivity contribution < 1.29 is 14.7 Å². The third-order valence-electron chi connectivity index (χ3n) is 2.75. The molecule has 2 rings (SSSR count). The van der Waals surface area contributed by atoms with E-state index in [9.17, 15) is 9.59 Å². The van der Waals surface area contributed by atoms with Gasteiger partial charge >= 0.3 is 5.97 Å². The molecular formula is C16H11BrClNO3. The van der Waals surface area contributed by atoms with Crippen LogP contribution < -0.4 is 5.32 Å². The zero-order valence-electron chi connectivity index (χ0n) is 11.2. The van der Waals surface area contributed by atoms with E-state index >= 15 is 0 Å². The Labute approximate surface area is 140 Å². The number of carboxylic acid groups (broad SMARTS) is 1. The van der Waals surface area contributed by atoms with Gasteiger partial charge in [-0.05, 0) is 42.0 Å². The first-order valence-corrected chi connectivity index (χ1v) is 7.40. The van der Waals surface area contributed by atoms with Gasteiger partial charge in [0.1, 0.15) is 0 Å². The molecule has 0 aliphatic rings. The summed E-state index contributed by atoms with van der Waals surface area (Å²) in [5, 5.41) is 11.9. The van der Waals surface area contributed by atoms with Crippen LogP contribution in [0.15, 0.2) is 53.0 Å². The van der Waals surface area contributed by atoms with Crippen LogP contribution in [-0.2, 0) is 4.79 Å². The fourth-order valence-corrected chi connectivity index (χ4v) is 2.35. The van der Waals surface area contributed by atoms with E-state index in [4.69, 9.17) is 16.7 Å². The molecule has 0 saturated carbocycles. The predicted octanol–water partition coefficient (Wildman–Crippen LogP) is 4.45. The molecule has 0 saturated heterocycles. The highest BCUT2D eigenvalue weighted by atomic mass is 79.9. The number of nitrogens with one attached hydrogen (secondary N) is 1. The lowest BCUT2D eigenvalue weighted by molar-refractivity contribution is -0.111. The highest BCUT2D eigenvalue weighted by Crippen LogP contribution is 2.21. The molecule has 0 aliphatic carbocycles. The van der Waals surface area contributed by atoms with Gasteiger partial charge in [-0.1, -0.05) is 39.7 Å². The van der Waals surface area contributed by atoms with Crippen molar-refractivity contribution in [3.8, 4) is 0 Å². The summed E-state index contributed by atoms with van der Waals surface area (Å²) in [6.45, 7) is 0. The molecule has 22 heavy (non-hydrogen) atoms. The number of amides is 1. The molecular weight excluding hydrogens is 370 g/mol. The Balaban J connectivity index is 2.14. The molecule has 2 aromatic carbocycles. The van der Waals surface area contributed by atoms with Crippen molar-refractivity contribution in [2.45, 2.75) is 0 Å². The van der Waals surface area contributed by atoms with Gasteiger partial charge in [-0.2, -0.15) is 0 Å². The van der Waals surface area contributed by atoms with Gasteiger partial charge in [0.25, 0.3) is 0 Å². The van der Waals surface area contributed by atoms with Gasteiger partial charge in [0.15, 0.2) is 0 Å². The number of rotatable bonds is 4. The van der Waals surface area contributed by atoms with E-state index < -0.39 is 11.9 Å². The Morgan fingerprint density at radius 1 is 1.18 bits per heavy atom. The van der Waals surface area contributed by atoms with Crippen molar-refractivity contribution in [2.75, 3.05) is 5.32 Å². The van der Waals surface area contributed by atoms with Gasteiger partial charge in [-0.15, -0.1) is 0 Å². The first-order valence-electron chi connectivity index (χ1n) is 6.23. The Morgan fingerprint density at radius 2 is 1.95 bits per heavy atom. The number of benzene rings is 2. The average Bonchev–Trinajstić information content (AvgIpc) is 2.47. The van der Waals surface area contributed by atoms with Gasteiger partial charge in [-0.3, -0.25) is 4.79 Å². The fraction of sp³-hybridized carbons (Fsp3) is 0. The molecule has 0 unspecified atom stereocenters. The summed E-state index contributed by atoms with van der Waals surface area (Å²) in [6, 6.07) is 11.7. The molecule has 0 aromatic heterocycles. The standard InChI is InChI=1S/C16H11BrClNO3/c17-11-3-1-2-10(8-11)4-7-15(20)19-14-6-5-12(18)9-13(14)16(21)22/h1-9H,(H,19,20)(H,21,22)/b7-4+. The van der Waals surface area contributed by atoms with Crippen LogP contribution in [0.1, 0.15) is 15.9 Å². The minimum Gasteiger partial charge on any atom is -0.478 e. The largest absolute Gasteiger partial charge is 0.478 e. The number of halogens is 2. The van der Waals surface area contributed by atoms with Gasteiger partial charge in [0.05, 0.1) is 11.3 Å². The SMILES string of the molecule is O=C(/C=C/c1cccc(Br)c1)Nc1ccc(Cl)cc1C(=O)O. The molecule has 0 fully saturated rings. The molecule has 1 amide bonds. The fourth-order valence-electron chi connectivity index (χ4n) is 1.76. The van der Waals surface area contributed by atoms with Crippen LogP contribution in [0.4, 0.5) is 5.69 Å². The first kappa shape index (κ1) is 16.3. The van der Waals surface area contributed by atoms with Crippen molar-refractivity contribution in [3.05, 3.63) is 69.2 Å². The van der Waals surface area contributed by atoms with E-state index in [0.717, 1.165) is 10.0 Å². The third kappa shape index (κ3) is 4.44. The van der Waals surface area contributed by atoms with E-state index in [0.29, 0.717) is 5.02 Å². The monoisotopic (exact) mass is 379 g/mol. The Bertz CT molecular complexity index is 759. The summed E-state index contributed by atoms with van der Waals surface area (Å²) >= 11 is 9.10. The molecule has 6 heteroatoms. The Morgan fingerprint density at radius 3 is 2.64 bits per heavy atom. The van der Waals surface area contributed by atoms with Crippen molar-refractivity contribution in [2.24, 2.45) is 0 Å². The first-order chi connectivity index (χ1) is 10.5. The number of aromatic carboxylic acids is 1.